The number of benzene rings is 1. The van der Waals surface area contributed by atoms with Crippen molar-refractivity contribution in [3.8, 4) is 5.75 Å². The Hall–Kier alpha value is -4.08. The van der Waals surface area contributed by atoms with E-state index in [1.165, 1.54) is 11.2 Å². The van der Waals surface area contributed by atoms with Gasteiger partial charge in [0, 0.05) is 43.6 Å². The van der Waals surface area contributed by atoms with Gasteiger partial charge in [-0.2, -0.15) is 0 Å². The Bertz CT molecular complexity index is 1460. The predicted molar refractivity (Wildman–Crippen MR) is 153 cm³/mol. The van der Waals surface area contributed by atoms with Crippen molar-refractivity contribution in [3.63, 3.8) is 0 Å². The van der Waals surface area contributed by atoms with Crippen LogP contribution in [0.3, 0.4) is 0 Å². The lowest BCUT2D eigenvalue weighted by molar-refractivity contribution is -0.0553. The van der Waals surface area contributed by atoms with Gasteiger partial charge in [-0.15, -0.1) is 6.58 Å². The van der Waals surface area contributed by atoms with E-state index in [4.69, 9.17) is 18.9 Å². The van der Waals surface area contributed by atoms with Gasteiger partial charge in [0.1, 0.15) is 17.6 Å². The van der Waals surface area contributed by atoms with Crippen LogP contribution in [0.5, 0.6) is 5.75 Å². The molecular weight excluding hydrogens is 522 g/mol. The van der Waals surface area contributed by atoms with Crippen LogP contribution in [0.15, 0.2) is 91.1 Å². The van der Waals surface area contributed by atoms with Crippen LogP contribution in [-0.4, -0.2) is 64.9 Å². The largest absolute Gasteiger partial charge is 0.497 e. The minimum atomic E-state index is -0.722. The molecule has 0 radical (unpaired) electrons. The first-order valence-electron chi connectivity index (χ1n) is 14.0. The molecule has 1 amide bonds. The van der Waals surface area contributed by atoms with E-state index >= 15 is 0 Å². The Morgan fingerprint density at radius 2 is 2.22 bits per heavy atom. The van der Waals surface area contributed by atoms with E-state index in [0.29, 0.717) is 50.7 Å². The number of hydrogen-bond donors (Lipinski definition) is 1. The molecule has 2 aromatic rings. The van der Waals surface area contributed by atoms with Crippen molar-refractivity contribution in [2.75, 3.05) is 33.3 Å². The van der Waals surface area contributed by atoms with Crippen molar-refractivity contribution in [2.24, 2.45) is 5.92 Å². The number of fused-ring (bicyclic) bond motifs is 1. The third kappa shape index (κ3) is 5.35. The molecule has 0 unspecified atom stereocenters. The quantitative estimate of drug-likeness (QED) is 0.436. The number of rotatable bonds is 8. The number of allylic oxidation sites excluding steroid dienone is 5. The summed E-state index contributed by atoms with van der Waals surface area (Å²) in [6.45, 7) is 6.08. The summed E-state index contributed by atoms with van der Waals surface area (Å²) in [4.78, 5) is 21.4. The summed E-state index contributed by atoms with van der Waals surface area (Å²) in [7, 11) is 1.62. The molecule has 9 nitrogen and oxygen atoms in total. The first-order valence-corrected chi connectivity index (χ1v) is 14.0. The van der Waals surface area contributed by atoms with Crippen molar-refractivity contribution in [1.29, 1.82) is 0 Å². The zero-order valence-corrected chi connectivity index (χ0v) is 23.2. The fourth-order valence-electron chi connectivity index (χ4n) is 6.17. The zero-order valence-electron chi connectivity index (χ0n) is 23.2. The summed E-state index contributed by atoms with van der Waals surface area (Å²) in [5.41, 5.74) is 1.95. The summed E-state index contributed by atoms with van der Waals surface area (Å²) < 4.78 is 23.2. The highest BCUT2D eigenvalue weighted by molar-refractivity contribution is 5.83. The third-order valence-electron chi connectivity index (χ3n) is 8.39. The Kier molecular flexibility index (Phi) is 7.55. The van der Waals surface area contributed by atoms with Crippen LogP contribution in [0.2, 0.25) is 0 Å². The number of hydrogen-bond acceptors (Lipinski definition) is 8. The fraction of sp³-hybridized carbons (Fsp3) is 0.375. The highest BCUT2D eigenvalue weighted by Crippen LogP contribution is 2.42. The molecule has 2 fully saturated rings. The number of β-amino-alcohol motifs (C(OH)–C–C–N with tert-alkyl or cyclic N) is 1. The Morgan fingerprint density at radius 3 is 3.02 bits per heavy atom. The second-order valence-electron chi connectivity index (χ2n) is 10.9. The minimum Gasteiger partial charge on any atom is -0.497 e. The number of amides is 1. The number of aromatic nitrogens is 1. The van der Waals surface area contributed by atoms with Gasteiger partial charge in [0.2, 0.25) is 5.88 Å². The fourth-order valence-corrected chi connectivity index (χ4v) is 6.17. The first-order chi connectivity index (χ1) is 20.0. The van der Waals surface area contributed by atoms with Crippen LogP contribution < -0.4 is 4.74 Å². The van der Waals surface area contributed by atoms with Crippen molar-refractivity contribution in [1.82, 2.24) is 14.8 Å². The van der Waals surface area contributed by atoms with Crippen LogP contribution in [0.1, 0.15) is 37.4 Å². The topological polar surface area (TPSA) is 93.6 Å². The molecule has 0 bridgehead atoms. The lowest BCUT2D eigenvalue weighted by Gasteiger charge is -2.44. The molecule has 41 heavy (non-hydrogen) atoms. The third-order valence-corrected chi connectivity index (χ3v) is 8.39. The molecule has 4 heterocycles. The number of likely N-dealkylation sites (tertiary alicyclic amines) is 1. The maximum atomic E-state index is 13.2. The number of ether oxygens (including phenoxy) is 4. The van der Waals surface area contributed by atoms with Gasteiger partial charge in [-0.1, -0.05) is 24.3 Å². The van der Waals surface area contributed by atoms with Gasteiger partial charge in [0.25, 0.3) is 0 Å². The average molecular weight is 558 g/mol. The highest BCUT2D eigenvalue weighted by atomic mass is 16.6. The summed E-state index contributed by atoms with van der Waals surface area (Å²) >= 11 is 0. The lowest BCUT2D eigenvalue weighted by Crippen LogP contribution is -2.54. The summed E-state index contributed by atoms with van der Waals surface area (Å²) in [5, 5.41) is 12.2. The van der Waals surface area contributed by atoms with E-state index in [2.05, 4.69) is 22.5 Å². The normalized spacial score (nSPS) is 25.1. The number of carbonyl (C=O) groups is 1. The van der Waals surface area contributed by atoms with Crippen LogP contribution >= 0.6 is 0 Å². The van der Waals surface area contributed by atoms with Crippen LogP contribution in [-0.2, 0) is 14.2 Å². The Balaban J connectivity index is 1.15. The van der Waals surface area contributed by atoms with Gasteiger partial charge >= 0.3 is 6.09 Å². The Morgan fingerprint density at radius 1 is 1.32 bits per heavy atom. The lowest BCUT2D eigenvalue weighted by atomic mass is 9.78. The standard InChI is InChI=1S/C32H35N3O6/c1-3-7-23-17-34(18-28(36)25-12-14-33-27-11-10-24(38-2)16-26(25)27)15-13-32(23)21-35(31(37)41-32)30-20-39-19-29(40-30)22-8-5-4-6-9-22/h3-5,8,10-12,14,16,19-20,23,28,36H,1,6-7,9,13,15,17-18,21H2,2H3/t23-,28+,32-/m0/s1. The maximum Gasteiger partial charge on any atom is 0.417 e. The average Bonchev–Trinajstić information content (AvgIpc) is 3.35. The van der Waals surface area contributed by atoms with Gasteiger partial charge in [0.05, 0.1) is 25.3 Å². The van der Waals surface area contributed by atoms with E-state index in [0.717, 1.165) is 40.6 Å². The molecule has 1 spiro atoms. The molecular formula is C32H35N3O6. The molecule has 2 saturated heterocycles. The number of aliphatic hydroxyl groups is 1. The molecule has 1 aromatic carbocycles. The molecule has 3 atom stereocenters. The molecule has 9 heteroatoms. The second-order valence-corrected chi connectivity index (χ2v) is 10.9. The van der Waals surface area contributed by atoms with Gasteiger partial charge in [-0.25, -0.2) is 9.69 Å². The number of methoxy groups -OCH3 is 1. The van der Waals surface area contributed by atoms with Crippen molar-refractivity contribution in [3.05, 3.63) is 96.6 Å². The van der Waals surface area contributed by atoms with Crippen LogP contribution in [0.25, 0.3) is 10.9 Å². The van der Waals surface area contributed by atoms with E-state index in [9.17, 15) is 9.90 Å². The Labute approximate surface area is 239 Å². The maximum absolute atomic E-state index is 13.2. The van der Waals surface area contributed by atoms with E-state index < -0.39 is 17.8 Å². The number of aliphatic hydroxyl groups excluding tert-OH is 1. The summed E-state index contributed by atoms with van der Waals surface area (Å²) in [6.07, 6.45) is 14.6. The van der Waals surface area contributed by atoms with E-state index in [1.54, 1.807) is 19.6 Å². The van der Waals surface area contributed by atoms with Crippen LogP contribution in [0, 0.1) is 5.92 Å². The number of pyridine rings is 1. The van der Waals surface area contributed by atoms with E-state index in [1.807, 2.05) is 42.5 Å². The number of carbonyl (C=O) groups excluding carboxylic acids is 1. The number of piperidine rings is 1. The van der Waals surface area contributed by atoms with Crippen molar-refractivity contribution in [2.45, 2.75) is 37.4 Å². The van der Waals surface area contributed by atoms with Gasteiger partial charge in [-0.3, -0.25) is 9.88 Å². The van der Waals surface area contributed by atoms with Gasteiger partial charge in [0.15, 0.2) is 12.0 Å². The molecule has 0 saturated carbocycles. The van der Waals surface area contributed by atoms with Crippen molar-refractivity contribution >= 4 is 17.0 Å². The second kappa shape index (κ2) is 11.4. The molecule has 1 N–H and O–H groups in total. The molecule has 1 aromatic heterocycles. The molecule has 214 valence electrons. The van der Waals surface area contributed by atoms with Crippen molar-refractivity contribution < 1.29 is 28.8 Å². The molecule has 6 rings (SSSR count). The minimum absolute atomic E-state index is 0.00418. The first kappa shape index (κ1) is 27.1. The van der Waals surface area contributed by atoms with Gasteiger partial charge < -0.3 is 24.1 Å². The zero-order chi connectivity index (χ0) is 28.4. The molecule has 1 aliphatic carbocycles. The highest BCUT2D eigenvalue weighted by Gasteiger charge is 2.54. The van der Waals surface area contributed by atoms with E-state index in [-0.39, 0.29) is 5.92 Å². The van der Waals surface area contributed by atoms with Gasteiger partial charge in [-0.05, 0) is 54.7 Å². The summed E-state index contributed by atoms with van der Waals surface area (Å²) in [5.74, 6) is 1.65. The summed E-state index contributed by atoms with van der Waals surface area (Å²) in [6, 6.07) is 7.53. The monoisotopic (exact) mass is 557 g/mol. The smallest absolute Gasteiger partial charge is 0.417 e. The number of nitrogens with zero attached hydrogens (tertiary/aromatic N) is 3. The van der Waals surface area contributed by atoms with Crippen LogP contribution in [0.4, 0.5) is 4.79 Å². The molecule has 3 aliphatic heterocycles. The molecule has 4 aliphatic rings. The SMILES string of the molecule is C=CC[C@H]1CN(C[C@@H](O)c2ccnc3ccc(OC)cc23)CC[C@]12CN(C1=COC=C(C3=CC=CCC3)O1)C(=O)O2. The predicted octanol–water partition coefficient (Wildman–Crippen LogP) is 5.33.